The predicted molar refractivity (Wildman–Crippen MR) is 49.3 cm³/mol. The van der Waals surface area contributed by atoms with E-state index >= 15 is 0 Å². The molecule has 0 N–H and O–H groups in total. The standard InChI is InChI=1S/C9H13NO2/c1-5-9(10(11)12)6-8(4)7(2)3/h5-6H,1H2,2-4H3/b9-6+. The summed E-state index contributed by atoms with van der Waals surface area (Å²) in [6.07, 6.45) is 2.76. The molecule has 0 aromatic heterocycles. The number of nitro groups is 1. The van der Waals surface area contributed by atoms with Gasteiger partial charge < -0.3 is 0 Å². The Bertz CT molecular complexity index is 258. The second-order valence-electron chi connectivity index (χ2n) is 2.71. The smallest absolute Gasteiger partial charge is 0.258 e. The topological polar surface area (TPSA) is 43.1 Å². The fourth-order valence-electron chi connectivity index (χ4n) is 0.552. The van der Waals surface area contributed by atoms with Crippen LogP contribution in [-0.2, 0) is 0 Å². The van der Waals surface area contributed by atoms with Crippen LogP contribution in [0.15, 0.2) is 35.6 Å². The fraction of sp³-hybridized carbons (Fsp3) is 0.333. The van der Waals surface area contributed by atoms with Gasteiger partial charge in [-0.05, 0) is 26.3 Å². The van der Waals surface area contributed by atoms with Crippen LogP contribution in [0, 0.1) is 10.1 Å². The van der Waals surface area contributed by atoms with Gasteiger partial charge in [-0.1, -0.05) is 12.2 Å². The maximum absolute atomic E-state index is 10.3. The van der Waals surface area contributed by atoms with Crippen molar-refractivity contribution in [1.82, 2.24) is 0 Å². The second kappa shape index (κ2) is 4.49. The molecular weight excluding hydrogens is 154 g/mol. The average Bonchev–Trinajstić information content (AvgIpc) is 1.98. The van der Waals surface area contributed by atoms with Gasteiger partial charge in [0.25, 0.3) is 5.70 Å². The lowest BCUT2D eigenvalue weighted by molar-refractivity contribution is -0.419. The largest absolute Gasteiger partial charge is 0.269 e. The van der Waals surface area contributed by atoms with Crippen molar-refractivity contribution in [3.63, 3.8) is 0 Å². The van der Waals surface area contributed by atoms with E-state index in [1.807, 2.05) is 20.8 Å². The number of nitrogens with zero attached hydrogens (tertiary/aromatic N) is 1. The van der Waals surface area contributed by atoms with Crippen molar-refractivity contribution >= 4 is 0 Å². The Morgan fingerprint density at radius 2 is 1.92 bits per heavy atom. The predicted octanol–water partition coefficient (Wildman–Crippen LogP) is 2.69. The van der Waals surface area contributed by atoms with Crippen molar-refractivity contribution in [2.24, 2.45) is 0 Å². The lowest BCUT2D eigenvalue weighted by atomic mass is 10.1. The molecule has 0 aromatic rings. The first-order valence-corrected chi connectivity index (χ1v) is 3.61. The molecule has 0 bridgehead atoms. The zero-order valence-corrected chi connectivity index (χ0v) is 7.63. The second-order valence-corrected chi connectivity index (χ2v) is 2.71. The van der Waals surface area contributed by atoms with Crippen molar-refractivity contribution in [2.75, 3.05) is 0 Å². The molecule has 0 amide bonds. The molecule has 0 aliphatic rings. The molecule has 3 heteroatoms. The van der Waals surface area contributed by atoms with Gasteiger partial charge in [0.05, 0.1) is 4.92 Å². The highest BCUT2D eigenvalue weighted by molar-refractivity contribution is 5.26. The molecule has 0 aliphatic carbocycles. The van der Waals surface area contributed by atoms with E-state index in [-0.39, 0.29) is 5.70 Å². The maximum atomic E-state index is 10.3. The van der Waals surface area contributed by atoms with Gasteiger partial charge in [0, 0.05) is 12.2 Å². The molecule has 0 heterocycles. The summed E-state index contributed by atoms with van der Waals surface area (Å²) in [5.41, 5.74) is 2.01. The average molecular weight is 167 g/mol. The summed E-state index contributed by atoms with van der Waals surface area (Å²) in [4.78, 5) is 9.89. The van der Waals surface area contributed by atoms with Crippen LogP contribution >= 0.6 is 0 Å². The van der Waals surface area contributed by atoms with Crippen LogP contribution in [0.2, 0.25) is 0 Å². The van der Waals surface area contributed by atoms with E-state index in [1.165, 1.54) is 12.2 Å². The Kier molecular flexibility index (Phi) is 3.97. The van der Waals surface area contributed by atoms with Gasteiger partial charge in [0.2, 0.25) is 0 Å². The highest BCUT2D eigenvalue weighted by Crippen LogP contribution is 2.08. The van der Waals surface area contributed by atoms with E-state index in [9.17, 15) is 10.1 Å². The molecule has 3 nitrogen and oxygen atoms in total. The van der Waals surface area contributed by atoms with E-state index in [4.69, 9.17) is 0 Å². The summed E-state index contributed by atoms with van der Waals surface area (Å²) in [7, 11) is 0. The zero-order valence-electron chi connectivity index (χ0n) is 7.63. The minimum absolute atomic E-state index is 0.0358. The Morgan fingerprint density at radius 3 is 2.17 bits per heavy atom. The van der Waals surface area contributed by atoms with Crippen molar-refractivity contribution in [1.29, 1.82) is 0 Å². The normalized spacial score (nSPS) is 10.8. The van der Waals surface area contributed by atoms with Gasteiger partial charge >= 0.3 is 0 Å². The van der Waals surface area contributed by atoms with Crippen LogP contribution in [-0.4, -0.2) is 4.92 Å². The lowest BCUT2D eigenvalue weighted by Gasteiger charge is -1.95. The Labute approximate surface area is 72.2 Å². The number of rotatable bonds is 3. The first kappa shape index (κ1) is 10.6. The number of hydrogen-bond acceptors (Lipinski definition) is 2. The van der Waals surface area contributed by atoms with Crippen LogP contribution in [0.25, 0.3) is 0 Å². The molecule has 0 saturated heterocycles. The highest BCUT2D eigenvalue weighted by Gasteiger charge is 2.03. The highest BCUT2D eigenvalue weighted by atomic mass is 16.6. The van der Waals surface area contributed by atoms with Crippen molar-refractivity contribution in [2.45, 2.75) is 20.8 Å². The molecule has 0 fully saturated rings. The Balaban J connectivity index is 4.86. The SMILES string of the molecule is C=C/C(=C\C(C)=C(C)C)[N+](=O)[O-]. The van der Waals surface area contributed by atoms with Crippen LogP contribution in [0.5, 0.6) is 0 Å². The van der Waals surface area contributed by atoms with E-state index in [0.29, 0.717) is 0 Å². The lowest BCUT2D eigenvalue weighted by Crippen LogP contribution is -1.95. The third kappa shape index (κ3) is 3.14. The van der Waals surface area contributed by atoms with Crippen LogP contribution in [0.3, 0.4) is 0 Å². The van der Waals surface area contributed by atoms with Gasteiger partial charge in [-0.15, -0.1) is 0 Å². The summed E-state index contributed by atoms with van der Waals surface area (Å²) in [5, 5.41) is 10.3. The molecule has 0 aromatic carbocycles. The molecule has 0 aliphatic heterocycles. The summed E-state index contributed by atoms with van der Waals surface area (Å²) in [6.45, 7) is 9.02. The van der Waals surface area contributed by atoms with Gasteiger partial charge in [0.15, 0.2) is 0 Å². The Hall–Kier alpha value is -1.38. The summed E-state index contributed by atoms with van der Waals surface area (Å²) in [6, 6.07) is 0. The summed E-state index contributed by atoms with van der Waals surface area (Å²) in [5.74, 6) is 0. The quantitative estimate of drug-likeness (QED) is 0.368. The minimum Gasteiger partial charge on any atom is -0.258 e. The molecule has 0 radical (unpaired) electrons. The van der Waals surface area contributed by atoms with Crippen LogP contribution in [0.4, 0.5) is 0 Å². The molecule has 0 saturated carbocycles. The Morgan fingerprint density at radius 1 is 1.42 bits per heavy atom. The molecule has 12 heavy (non-hydrogen) atoms. The van der Waals surface area contributed by atoms with E-state index in [0.717, 1.165) is 11.1 Å². The van der Waals surface area contributed by atoms with Gasteiger partial charge in [0.1, 0.15) is 0 Å². The van der Waals surface area contributed by atoms with Gasteiger partial charge in [-0.3, -0.25) is 10.1 Å². The molecular formula is C9H13NO2. The monoisotopic (exact) mass is 167 g/mol. The van der Waals surface area contributed by atoms with E-state index in [1.54, 1.807) is 0 Å². The summed E-state index contributed by atoms with van der Waals surface area (Å²) < 4.78 is 0. The van der Waals surface area contributed by atoms with Crippen LogP contribution in [0.1, 0.15) is 20.8 Å². The first-order valence-electron chi connectivity index (χ1n) is 3.61. The van der Waals surface area contributed by atoms with Crippen molar-refractivity contribution < 1.29 is 4.92 Å². The molecule has 0 spiro atoms. The van der Waals surface area contributed by atoms with E-state index in [2.05, 4.69) is 6.58 Å². The van der Waals surface area contributed by atoms with Gasteiger partial charge in [-0.25, -0.2) is 0 Å². The molecule has 0 rings (SSSR count). The molecule has 0 unspecified atom stereocenters. The number of hydrogen-bond donors (Lipinski definition) is 0. The van der Waals surface area contributed by atoms with Crippen molar-refractivity contribution in [3.8, 4) is 0 Å². The summed E-state index contributed by atoms with van der Waals surface area (Å²) >= 11 is 0. The van der Waals surface area contributed by atoms with Gasteiger partial charge in [-0.2, -0.15) is 0 Å². The maximum Gasteiger partial charge on any atom is 0.269 e. The zero-order chi connectivity index (χ0) is 9.72. The van der Waals surface area contributed by atoms with E-state index < -0.39 is 4.92 Å². The third-order valence-electron chi connectivity index (χ3n) is 1.57. The van der Waals surface area contributed by atoms with Crippen LogP contribution < -0.4 is 0 Å². The van der Waals surface area contributed by atoms with Crippen molar-refractivity contribution in [3.05, 3.63) is 45.7 Å². The fourth-order valence-corrected chi connectivity index (χ4v) is 0.552. The molecule has 66 valence electrons. The third-order valence-corrected chi connectivity index (χ3v) is 1.57. The minimum atomic E-state index is -0.445. The number of allylic oxidation sites excluding steroid dienone is 4. The molecule has 0 atom stereocenters. The first-order chi connectivity index (χ1) is 5.49.